The molecule has 2 heteroatoms. The summed E-state index contributed by atoms with van der Waals surface area (Å²) in [6, 6.07) is 24.5. The van der Waals surface area contributed by atoms with Crippen LogP contribution >= 0.6 is 0 Å². The van der Waals surface area contributed by atoms with Crippen LogP contribution in [0.2, 0.25) is 31.2 Å². The number of benzene rings is 2. The van der Waals surface area contributed by atoms with E-state index in [2.05, 4.69) is 102 Å². The Labute approximate surface area is 163 Å². The van der Waals surface area contributed by atoms with E-state index in [1.165, 1.54) is 23.7 Å². The van der Waals surface area contributed by atoms with E-state index in [-0.39, 0.29) is 0 Å². The zero-order valence-electron chi connectivity index (χ0n) is 17.6. The molecule has 0 fully saturated rings. The van der Waals surface area contributed by atoms with Crippen molar-refractivity contribution in [1.82, 2.24) is 0 Å². The van der Waals surface area contributed by atoms with E-state index in [4.69, 9.17) is 0 Å². The van der Waals surface area contributed by atoms with Gasteiger partial charge < -0.3 is 0 Å². The standard InChI is InChI=1S/C24H36Si2/c1-8-25(6,19-21(5)20(3)4)23-17-13-14-18-24(23)26(7,9-2)22-15-11-10-12-16-22/h10-18,21H,3,8-9,19H2,1-2,4-7H3. The van der Waals surface area contributed by atoms with Gasteiger partial charge in [-0.25, -0.2) is 0 Å². The largest absolute Gasteiger partial charge is 0.114 e. The Balaban J connectivity index is 2.60. The summed E-state index contributed by atoms with van der Waals surface area (Å²) in [6.07, 6.45) is 0. The Kier molecular flexibility index (Phi) is 6.87. The summed E-state index contributed by atoms with van der Waals surface area (Å²) >= 11 is 0. The second-order valence-electron chi connectivity index (χ2n) is 8.46. The van der Waals surface area contributed by atoms with Crippen LogP contribution in [0.15, 0.2) is 66.7 Å². The van der Waals surface area contributed by atoms with Gasteiger partial charge in [0.25, 0.3) is 0 Å². The number of hydrogen-bond acceptors (Lipinski definition) is 0. The van der Waals surface area contributed by atoms with Crippen molar-refractivity contribution in [2.24, 2.45) is 5.92 Å². The zero-order valence-corrected chi connectivity index (χ0v) is 19.6. The molecule has 0 nitrogen and oxygen atoms in total. The minimum Gasteiger partial charge on any atom is -0.0999 e. The van der Waals surface area contributed by atoms with Gasteiger partial charge in [0.05, 0.1) is 8.07 Å². The van der Waals surface area contributed by atoms with Crippen LogP contribution in [0.4, 0.5) is 0 Å². The van der Waals surface area contributed by atoms with E-state index in [1.54, 1.807) is 15.6 Å². The molecule has 0 aromatic heterocycles. The van der Waals surface area contributed by atoms with E-state index in [9.17, 15) is 0 Å². The summed E-state index contributed by atoms with van der Waals surface area (Å²) in [5.41, 5.74) is 1.33. The molecule has 0 saturated carbocycles. The number of hydrogen-bond donors (Lipinski definition) is 0. The first kappa shape index (κ1) is 20.9. The monoisotopic (exact) mass is 380 g/mol. The van der Waals surface area contributed by atoms with Gasteiger partial charge in [0, 0.05) is 0 Å². The highest BCUT2D eigenvalue weighted by molar-refractivity contribution is 7.06. The first-order valence-electron chi connectivity index (χ1n) is 10.1. The van der Waals surface area contributed by atoms with Crippen molar-refractivity contribution in [1.29, 1.82) is 0 Å². The van der Waals surface area contributed by atoms with Crippen LogP contribution in [0.1, 0.15) is 27.7 Å². The number of rotatable bonds is 8. The molecular formula is C24H36Si2. The lowest BCUT2D eigenvalue weighted by molar-refractivity contribution is 0.755. The lowest BCUT2D eigenvalue weighted by Gasteiger charge is -2.37. The average molecular weight is 381 g/mol. The molecule has 0 spiro atoms. The highest BCUT2D eigenvalue weighted by atomic mass is 28.3. The zero-order chi connectivity index (χ0) is 19.4. The van der Waals surface area contributed by atoms with Crippen LogP contribution in [0.3, 0.4) is 0 Å². The van der Waals surface area contributed by atoms with E-state index in [0.717, 1.165) is 0 Å². The minimum absolute atomic E-state index is 0.603. The van der Waals surface area contributed by atoms with Crippen molar-refractivity contribution in [2.75, 3.05) is 0 Å². The summed E-state index contributed by atoms with van der Waals surface area (Å²) in [7, 11) is -3.27. The van der Waals surface area contributed by atoms with Crippen LogP contribution in [0, 0.1) is 5.92 Å². The molecular weight excluding hydrogens is 344 g/mol. The molecule has 0 aliphatic rings. The third-order valence-corrected chi connectivity index (χ3v) is 16.4. The van der Waals surface area contributed by atoms with Gasteiger partial charge in [-0.15, -0.1) is 0 Å². The van der Waals surface area contributed by atoms with Gasteiger partial charge in [0.15, 0.2) is 0 Å². The molecule has 3 atom stereocenters. The van der Waals surface area contributed by atoms with Crippen LogP contribution in [0.25, 0.3) is 0 Å². The second-order valence-corrected chi connectivity index (χ2v) is 17.7. The molecule has 3 unspecified atom stereocenters. The van der Waals surface area contributed by atoms with Crippen molar-refractivity contribution >= 4 is 31.7 Å². The van der Waals surface area contributed by atoms with E-state index < -0.39 is 16.1 Å². The molecule has 2 aromatic rings. The predicted octanol–water partition coefficient (Wildman–Crippen LogP) is 5.42. The first-order valence-corrected chi connectivity index (χ1v) is 15.7. The molecule has 0 N–H and O–H groups in total. The lowest BCUT2D eigenvalue weighted by atomic mass is 10.1. The van der Waals surface area contributed by atoms with E-state index >= 15 is 0 Å². The maximum absolute atomic E-state index is 4.23. The van der Waals surface area contributed by atoms with Gasteiger partial charge >= 0.3 is 0 Å². The number of allylic oxidation sites excluding steroid dienone is 1. The maximum Gasteiger partial charge on any atom is 0.114 e. The Morgan fingerprint density at radius 2 is 1.42 bits per heavy atom. The summed E-state index contributed by atoms with van der Waals surface area (Å²) in [5.74, 6) is 0.603. The quantitative estimate of drug-likeness (QED) is 0.424. The Morgan fingerprint density at radius 3 is 1.92 bits per heavy atom. The summed E-state index contributed by atoms with van der Waals surface area (Å²) < 4.78 is 0. The Bertz CT molecular complexity index is 737. The van der Waals surface area contributed by atoms with Gasteiger partial charge in [-0.3, -0.25) is 0 Å². The molecule has 2 aromatic carbocycles. The third kappa shape index (κ3) is 4.12. The fourth-order valence-electron chi connectivity index (χ4n) is 4.14. The minimum atomic E-state index is -1.71. The Morgan fingerprint density at radius 1 is 0.885 bits per heavy atom. The van der Waals surface area contributed by atoms with Crippen molar-refractivity contribution in [3.8, 4) is 0 Å². The summed E-state index contributed by atoms with van der Waals surface area (Å²) in [6.45, 7) is 18.7. The Hall–Kier alpha value is -1.39. The molecule has 26 heavy (non-hydrogen) atoms. The molecule has 0 amide bonds. The van der Waals surface area contributed by atoms with Crippen molar-refractivity contribution < 1.29 is 0 Å². The van der Waals surface area contributed by atoms with Crippen molar-refractivity contribution in [3.05, 3.63) is 66.7 Å². The van der Waals surface area contributed by atoms with Crippen LogP contribution in [-0.2, 0) is 0 Å². The smallest absolute Gasteiger partial charge is 0.0999 e. The molecule has 140 valence electrons. The van der Waals surface area contributed by atoms with Crippen molar-refractivity contribution in [3.63, 3.8) is 0 Å². The highest BCUT2D eigenvalue weighted by Crippen LogP contribution is 2.25. The molecule has 0 saturated heterocycles. The van der Waals surface area contributed by atoms with E-state index in [1.807, 2.05) is 0 Å². The third-order valence-electron chi connectivity index (χ3n) is 6.67. The van der Waals surface area contributed by atoms with E-state index in [0.29, 0.717) is 5.92 Å². The molecule has 0 heterocycles. The normalized spacial score (nSPS) is 17.2. The van der Waals surface area contributed by atoms with Gasteiger partial charge in [-0.05, 0) is 18.9 Å². The summed E-state index contributed by atoms with van der Waals surface area (Å²) in [4.78, 5) is 0. The fraction of sp³-hybridized carbons (Fsp3) is 0.417. The van der Waals surface area contributed by atoms with Gasteiger partial charge in [-0.2, -0.15) is 0 Å². The average Bonchev–Trinajstić information content (AvgIpc) is 2.67. The second kappa shape index (κ2) is 8.54. The highest BCUT2D eigenvalue weighted by Gasteiger charge is 2.38. The predicted molar refractivity (Wildman–Crippen MR) is 125 cm³/mol. The molecule has 0 aliphatic carbocycles. The lowest BCUT2D eigenvalue weighted by Crippen LogP contribution is -2.65. The molecule has 2 rings (SSSR count). The van der Waals surface area contributed by atoms with Gasteiger partial charge in [0.1, 0.15) is 8.07 Å². The van der Waals surface area contributed by atoms with Crippen LogP contribution in [-0.4, -0.2) is 16.1 Å². The van der Waals surface area contributed by atoms with Gasteiger partial charge in [0.2, 0.25) is 0 Å². The SMILES string of the molecule is C=C(C)C(C)C[Si](C)(CC)c1ccccc1[Si](C)(CC)c1ccccc1. The van der Waals surface area contributed by atoms with Crippen LogP contribution < -0.4 is 15.6 Å². The summed E-state index contributed by atoms with van der Waals surface area (Å²) in [5, 5.41) is 4.95. The first-order chi connectivity index (χ1) is 12.3. The molecule has 0 radical (unpaired) electrons. The maximum atomic E-state index is 4.23. The fourth-order valence-corrected chi connectivity index (χ4v) is 12.9. The molecule has 0 bridgehead atoms. The topological polar surface area (TPSA) is 0 Å². The van der Waals surface area contributed by atoms with Crippen molar-refractivity contribution in [2.45, 2.75) is 58.9 Å². The van der Waals surface area contributed by atoms with Crippen LogP contribution in [0.5, 0.6) is 0 Å². The van der Waals surface area contributed by atoms with Gasteiger partial charge in [-0.1, -0.05) is 128 Å². The molecule has 0 aliphatic heterocycles.